The SMILES string of the molecule is OCC1C(C2CCC(F)CC2)C(C(F)C2CCC(Cl)CC2)C(C(F)F)NC1C(F)(F)F. The Balaban J connectivity index is 1.97. The third-order valence-corrected chi connectivity index (χ3v) is 8.19. The summed E-state index contributed by atoms with van der Waals surface area (Å²) in [6.07, 6.45) is -8.43. The van der Waals surface area contributed by atoms with E-state index in [1.807, 2.05) is 5.32 Å². The number of alkyl halides is 8. The minimum absolute atomic E-state index is 0.115. The van der Waals surface area contributed by atoms with Crippen LogP contribution in [-0.4, -0.2) is 54.1 Å². The Kier molecular flexibility index (Phi) is 8.44. The molecule has 0 aromatic heterocycles. The van der Waals surface area contributed by atoms with Crippen LogP contribution >= 0.6 is 11.6 Å². The molecule has 2 saturated carbocycles. The predicted molar refractivity (Wildman–Crippen MR) is 104 cm³/mol. The normalized spacial score (nSPS) is 43.7. The Morgan fingerprint density at radius 1 is 0.935 bits per heavy atom. The van der Waals surface area contributed by atoms with Crippen LogP contribution in [0.4, 0.5) is 30.7 Å². The molecule has 3 aliphatic rings. The Labute approximate surface area is 183 Å². The van der Waals surface area contributed by atoms with E-state index >= 15 is 4.39 Å². The van der Waals surface area contributed by atoms with Crippen LogP contribution in [-0.2, 0) is 0 Å². The third-order valence-electron chi connectivity index (χ3n) is 7.75. The van der Waals surface area contributed by atoms with E-state index in [-0.39, 0.29) is 31.1 Å². The fourth-order valence-electron chi connectivity index (χ4n) is 6.24. The van der Waals surface area contributed by atoms with Crippen molar-refractivity contribution in [2.75, 3.05) is 6.61 Å². The van der Waals surface area contributed by atoms with E-state index < -0.39 is 73.2 Å². The van der Waals surface area contributed by atoms with Crippen LogP contribution in [0.25, 0.3) is 0 Å². The smallest absolute Gasteiger partial charge is 0.396 e. The summed E-state index contributed by atoms with van der Waals surface area (Å²) >= 11 is 6.08. The van der Waals surface area contributed by atoms with Crippen LogP contribution in [0.1, 0.15) is 51.4 Å². The first-order valence-electron chi connectivity index (χ1n) is 11.2. The topological polar surface area (TPSA) is 32.3 Å². The Morgan fingerprint density at radius 3 is 2.00 bits per heavy atom. The highest BCUT2D eigenvalue weighted by atomic mass is 35.5. The summed E-state index contributed by atoms with van der Waals surface area (Å²) in [5.41, 5.74) is 0. The maximum atomic E-state index is 15.9. The lowest BCUT2D eigenvalue weighted by Gasteiger charge is -2.53. The van der Waals surface area contributed by atoms with Gasteiger partial charge in [0.05, 0.1) is 6.04 Å². The molecule has 182 valence electrons. The number of piperidine rings is 1. The summed E-state index contributed by atoms with van der Waals surface area (Å²) in [4.78, 5) is 0. The fourth-order valence-corrected chi connectivity index (χ4v) is 6.50. The molecule has 0 aromatic rings. The molecular weight excluding hydrogens is 451 g/mol. The molecule has 3 fully saturated rings. The van der Waals surface area contributed by atoms with Crippen LogP contribution in [0.3, 0.4) is 0 Å². The lowest BCUT2D eigenvalue weighted by molar-refractivity contribution is -0.209. The van der Waals surface area contributed by atoms with Crippen molar-refractivity contribution >= 4 is 11.6 Å². The highest BCUT2D eigenvalue weighted by Gasteiger charge is 2.60. The average molecular weight is 482 g/mol. The average Bonchev–Trinajstić information content (AvgIpc) is 2.72. The van der Waals surface area contributed by atoms with E-state index in [0.717, 1.165) is 0 Å². The standard InChI is InChI=1S/C21H31ClF7NO/c22-12-5-1-11(2-6-12)17(24)16-15(10-3-7-13(23)8-4-10)14(9-31)19(21(27,28)29)30-18(16)20(25)26/h10-20,30-31H,1-9H2. The van der Waals surface area contributed by atoms with Gasteiger partial charge in [0.15, 0.2) is 0 Å². The van der Waals surface area contributed by atoms with Crippen molar-refractivity contribution in [3.05, 3.63) is 0 Å². The Morgan fingerprint density at radius 2 is 1.52 bits per heavy atom. The molecule has 1 aliphatic heterocycles. The minimum Gasteiger partial charge on any atom is -0.396 e. The van der Waals surface area contributed by atoms with Crippen LogP contribution in [0.15, 0.2) is 0 Å². The molecule has 0 amide bonds. The van der Waals surface area contributed by atoms with Crippen LogP contribution in [0, 0.1) is 29.6 Å². The van der Waals surface area contributed by atoms with Gasteiger partial charge in [-0.05, 0) is 69.1 Å². The van der Waals surface area contributed by atoms with Crippen molar-refractivity contribution < 1.29 is 35.8 Å². The Hall–Kier alpha value is -0.280. The van der Waals surface area contributed by atoms with Gasteiger partial charge in [-0.15, -0.1) is 11.6 Å². The number of hydrogen-bond acceptors (Lipinski definition) is 2. The van der Waals surface area contributed by atoms with Crippen molar-refractivity contribution in [1.29, 1.82) is 0 Å². The van der Waals surface area contributed by atoms with E-state index in [1.54, 1.807) is 0 Å². The molecule has 0 bridgehead atoms. The molecule has 10 heteroatoms. The molecule has 2 aliphatic carbocycles. The number of halogens is 8. The summed E-state index contributed by atoms with van der Waals surface area (Å²) in [6.45, 7) is -0.898. The highest BCUT2D eigenvalue weighted by Crippen LogP contribution is 2.51. The van der Waals surface area contributed by atoms with Gasteiger partial charge >= 0.3 is 6.18 Å². The van der Waals surface area contributed by atoms with Gasteiger partial charge in [-0.2, -0.15) is 13.2 Å². The van der Waals surface area contributed by atoms with Crippen molar-refractivity contribution in [3.8, 4) is 0 Å². The first kappa shape index (κ1) is 25.3. The molecule has 6 atom stereocenters. The van der Waals surface area contributed by atoms with Crippen molar-refractivity contribution in [2.45, 2.75) is 93.8 Å². The zero-order valence-electron chi connectivity index (χ0n) is 17.2. The lowest BCUT2D eigenvalue weighted by Crippen LogP contribution is -2.68. The van der Waals surface area contributed by atoms with E-state index in [4.69, 9.17) is 11.6 Å². The van der Waals surface area contributed by atoms with Crippen LogP contribution < -0.4 is 5.32 Å². The van der Waals surface area contributed by atoms with Gasteiger partial charge in [0, 0.05) is 23.8 Å². The molecule has 2 N–H and O–H groups in total. The molecule has 1 heterocycles. The molecule has 6 unspecified atom stereocenters. The quantitative estimate of drug-likeness (QED) is 0.392. The first-order chi connectivity index (χ1) is 14.5. The molecule has 0 radical (unpaired) electrons. The number of aliphatic hydroxyl groups excluding tert-OH is 1. The summed E-state index contributed by atoms with van der Waals surface area (Å²) in [7, 11) is 0. The van der Waals surface area contributed by atoms with Crippen molar-refractivity contribution in [2.24, 2.45) is 29.6 Å². The molecule has 1 saturated heterocycles. The second-order valence-corrected chi connectivity index (χ2v) is 10.1. The zero-order chi connectivity index (χ0) is 22.9. The molecule has 3 rings (SSSR count). The summed E-state index contributed by atoms with van der Waals surface area (Å²) in [5, 5.41) is 11.8. The number of nitrogens with one attached hydrogen (secondary N) is 1. The van der Waals surface area contributed by atoms with Gasteiger partial charge < -0.3 is 5.11 Å². The molecule has 0 aromatic carbocycles. The molecule has 31 heavy (non-hydrogen) atoms. The molecule has 0 spiro atoms. The van der Waals surface area contributed by atoms with E-state index in [2.05, 4.69) is 0 Å². The second kappa shape index (κ2) is 10.3. The minimum atomic E-state index is -4.87. The molecule has 2 nitrogen and oxygen atoms in total. The van der Waals surface area contributed by atoms with Gasteiger partial charge in [-0.25, -0.2) is 17.6 Å². The van der Waals surface area contributed by atoms with Crippen LogP contribution in [0.5, 0.6) is 0 Å². The maximum absolute atomic E-state index is 15.9. The number of hydrogen-bond donors (Lipinski definition) is 2. The van der Waals surface area contributed by atoms with Gasteiger partial charge in [-0.1, -0.05) is 0 Å². The van der Waals surface area contributed by atoms with Crippen molar-refractivity contribution in [3.63, 3.8) is 0 Å². The van der Waals surface area contributed by atoms with Crippen LogP contribution in [0.2, 0.25) is 0 Å². The van der Waals surface area contributed by atoms with E-state index in [0.29, 0.717) is 25.7 Å². The summed E-state index contributed by atoms with van der Waals surface area (Å²) in [5.74, 6) is -5.04. The van der Waals surface area contributed by atoms with E-state index in [1.165, 1.54) is 0 Å². The molecular formula is C21H31ClF7NO. The van der Waals surface area contributed by atoms with E-state index in [9.17, 15) is 31.4 Å². The summed E-state index contributed by atoms with van der Waals surface area (Å²) in [6, 6.07) is -4.34. The van der Waals surface area contributed by atoms with Gasteiger partial charge in [0.25, 0.3) is 6.43 Å². The van der Waals surface area contributed by atoms with Gasteiger partial charge in [-0.3, -0.25) is 5.32 Å². The largest absolute Gasteiger partial charge is 0.404 e. The number of rotatable bonds is 5. The zero-order valence-corrected chi connectivity index (χ0v) is 17.9. The van der Waals surface area contributed by atoms with Gasteiger partial charge in [0.1, 0.15) is 18.4 Å². The van der Waals surface area contributed by atoms with Gasteiger partial charge in [0.2, 0.25) is 0 Å². The lowest BCUT2D eigenvalue weighted by atomic mass is 9.59. The summed E-state index contributed by atoms with van der Waals surface area (Å²) < 4.78 is 98.9. The highest BCUT2D eigenvalue weighted by molar-refractivity contribution is 6.20. The fraction of sp³-hybridized carbons (Fsp3) is 1.00. The predicted octanol–water partition coefficient (Wildman–Crippen LogP) is 5.66. The number of aliphatic hydroxyl groups is 1. The van der Waals surface area contributed by atoms with Crippen molar-refractivity contribution in [1.82, 2.24) is 5.32 Å². The monoisotopic (exact) mass is 481 g/mol. The second-order valence-electron chi connectivity index (χ2n) is 9.52. The maximum Gasteiger partial charge on any atom is 0.404 e. The first-order valence-corrected chi connectivity index (χ1v) is 11.6. The third kappa shape index (κ3) is 5.62. The Bertz CT molecular complexity index is 564.